The molecule has 2 N–H and O–H groups in total. The molecule has 0 aromatic carbocycles. The number of nitrogens with zero attached hydrogens (tertiary/aromatic N) is 4. The normalized spacial score (nSPS) is 10.5. The van der Waals surface area contributed by atoms with Crippen LogP contribution in [0.5, 0.6) is 0 Å². The van der Waals surface area contributed by atoms with E-state index in [2.05, 4.69) is 15.0 Å². The maximum atomic E-state index is 9.30. The fraction of sp³-hybridized carbons (Fsp3) is 0.143. The van der Waals surface area contributed by atoms with Crippen molar-refractivity contribution in [3.05, 3.63) is 23.7 Å². The predicted octanol–water partition coefficient (Wildman–Crippen LogP) is -0.149. The molecule has 66 valence electrons. The summed E-state index contributed by atoms with van der Waals surface area (Å²) in [5, 5.41) is 16.8. The average Bonchev–Trinajstić information content (AvgIpc) is 2.15. The monoisotopic (exact) mass is 177 g/mol. The molecule has 0 bridgehead atoms. The van der Waals surface area contributed by atoms with Crippen molar-refractivity contribution in [1.29, 1.82) is 5.41 Å². The van der Waals surface area contributed by atoms with Gasteiger partial charge >= 0.3 is 0 Å². The van der Waals surface area contributed by atoms with E-state index in [1.54, 1.807) is 6.92 Å². The van der Waals surface area contributed by atoms with Crippen LogP contribution in [0.15, 0.2) is 12.4 Å². The van der Waals surface area contributed by atoms with Crippen molar-refractivity contribution in [1.82, 2.24) is 19.7 Å². The minimum absolute atomic E-state index is 0.101. The molecule has 0 unspecified atom stereocenters. The number of aromatic nitrogens is 4. The standard InChI is InChI=1S/C7H7N5O/c1-4-11-7-5(6(8)12(4)13)9-2-3-10-7/h2-3,8,13H,1H3. The van der Waals surface area contributed by atoms with Gasteiger partial charge in [-0.25, -0.2) is 15.0 Å². The molecule has 2 heterocycles. The van der Waals surface area contributed by atoms with Crippen LogP contribution in [0.25, 0.3) is 11.2 Å². The molecule has 0 atom stereocenters. The Kier molecular flexibility index (Phi) is 1.48. The van der Waals surface area contributed by atoms with Crippen LogP contribution in [0.4, 0.5) is 0 Å². The Bertz CT molecular complexity index is 518. The third-order valence-electron chi connectivity index (χ3n) is 1.69. The molecular formula is C7H7N5O. The lowest BCUT2D eigenvalue weighted by Gasteiger charge is -2.02. The lowest BCUT2D eigenvalue weighted by Crippen LogP contribution is -2.22. The molecule has 6 nitrogen and oxygen atoms in total. The molecule has 0 amide bonds. The summed E-state index contributed by atoms with van der Waals surface area (Å²) in [7, 11) is 0. The van der Waals surface area contributed by atoms with Crippen LogP contribution in [0.1, 0.15) is 5.82 Å². The van der Waals surface area contributed by atoms with Gasteiger partial charge in [-0.05, 0) is 6.92 Å². The number of aryl methyl sites for hydroxylation is 1. The Morgan fingerprint density at radius 1 is 1.38 bits per heavy atom. The Morgan fingerprint density at radius 2 is 2.08 bits per heavy atom. The van der Waals surface area contributed by atoms with E-state index in [9.17, 15) is 5.21 Å². The van der Waals surface area contributed by atoms with E-state index < -0.39 is 0 Å². The van der Waals surface area contributed by atoms with Crippen molar-refractivity contribution in [3.8, 4) is 0 Å². The quantitative estimate of drug-likeness (QED) is 0.548. The van der Waals surface area contributed by atoms with E-state index in [-0.39, 0.29) is 11.0 Å². The van der Waals surface area contributed by atoms with Gasteiger partial charge in [0.1, 0.15) is 5.82 Å². The van der Waals surface area contributed by atoms with E-state index in [0.717, 1.165) is 0 Å². The van der Waals surface area contributed by atoms with Crippen molar-refractivity contribution in [2.24, 2.45) is 0 Å². The first-order chi connectivity index (χ1) is 6.20. The van der Waals surface area contributed by atoms with Crippen LogP contribution in [-0.2, 0) is 0 Å². The highest BCUT2D eigenvalue weighted by molar-refractivity contribution is 5.66. The number of fused-ring (bicyclic) bond motifs is 1. The summed E-state index contributed by atoms with van der Waals surface area (Å²) < 4.78 is 0.678. The molecule has 0 aliphatic rings. The lowest BCUT2D eigenvalue weighted by atomic mass is 10.5. The molecule has 13 heavy (non-hydrogen) atoms. The molecule has 0 spiro atoms. The number of rotatable bonds is 0. The summed E-state index contributed by atoms with van der Waals surface area (Å²) in [5.41, 5.74) is 0.557. The van der Waals surface area contributed by atoms with Crippen LogP contribution >= 0.6 is 0 Å². The first-order valence-corrected chi connectivity index (χ1v) is 3.64. The zero-order valence-electron chi connectivity index (χ0n) is 6.89. The number of hydrogen-bond acceptors (Lipinski definition) is 5. The molecule has 0 saturated heterocycles. The Morgan fingerprint density at radius 3 is 2.85 bits per heavy atom. The van der Waals surface area contributed by atoms with Gasteiger partial charge in [-0.2, -0.15) is 4.73 Å². The Balaban J connectivity index is 3.03. The van der Waals surface area contributed by atoms with E-state index in [4.69, 9.17) is 5.41 Å². The highest BCUT2D eigenvalue weighted by atomic mass is 16.5. The predicted molar refractivity (Wildman–Crippen MR) is 43.1 cm³/mol. The minimum Gasteiger partial charge on any atom is -0.425 e. The van der Waals surface area contributed by atoms with Crippen molar-refractivity contribution >= 4 is 11.2 Å². The summed E-state index contributed by atoms with van der Waals surface area (Å²) in [6.07, 6.45) is 2.95. The molecule has 0 saturated carbocycles. The molecule has 0 aliphatic carbocycles. The maximum absolute atomic E-state index is 9.30. The summed E-state index contributed by atoms with van der Waals surface area (Å²) in [4.78, 5) is 11.8. The Hall–Kier alpha value is -1.98. The van der Waals surface area contributed by atoms with Crippen LogP contribution in [0.3, 0.4) is 0 Å². The van der Waals surface area contributed by atoms with Gasteiger partial charge in [0.15, 0.2) is 16.7 Å². The topological polar surface area (TPSA) is 87.7 Å². The largest absolute Gasteiger partial charge is 0.425 e. The zero-order chi connectivity index (χ0) is 9.42. The maximum Gasteiger partial charge on any atom is 0.192 e. The van der Waals surface area contributed by atoms with Crippen LogP contribution in [0.2, 0.25) is 0 Å². The smallest absolute Gasteiger partial charge is 0.192 e. The molecule has 2 aromatic heterocycles. The molecule has 0 radical (unpaired) electrons. The second kappa shape index (κ2) is 2.51. The van der Waals surface area contributed by atoms with Crippen molar-refractivity contribution in [3.63, 3.8) is 0 Å². The molecule has 0 fully saturated rings. The highest BCUT2D eigenvalue weighted by Gasteiger charge is 2.04. The van der Waals surface area contributed by atoms with E-state index in [1.807, 2.05) is 0 Å². The van der Waals surface area contributed by atoms with Crippen molar-refractivity contribution in [2.45, 2.75) is 6.92 Å². The summed E-state index contributed by atoms with van der Waals surface area (Å²) in [5.74, 6) is 0.318. The number of hydrogen-bond donors (Lipinski definition) is 2. The third kappa shape index (κ3) is 1.03. The first kappa shape index (κ1) is 7.66. The van der Waals surface area contributed by atoms with E-state index in [1.165, 1.54) is 12.4 Å². The third-order valence-corrected chi connectivity index (χ3v) is 1.69. The van der Waals surface area contributed by atoms with Gasteiger partial charge in [-0.1, -0.05) is 0 Å². The number of nitrogens with one attached hydrogen (secondary N) is 1. The van der Waals surface area contributed by atoms with Crippen molar-refractivity contribution < 1.29 is 5.21 Å². The molecular weight excluding hydrogens is 170 g/mol. The Labute approximate surface area is 73.0 Å². The van der Waals surface area contributed by atoms with Gasteiger partial charge in [-0.3, -0.25) is 5.41 Å². The second-order valence-electron chi connectivity index (χ2n) is 2.55. The second-order valence-corrected chi connectivity index (χ2v) is 2.55. The minimum atomic E-state index is -0.101. The summed E-state index contributed by atoms with van der Waals surface area (Å²) in [6.45, 7) is 1.59. The molecule has 2 aromatic rings. The lowest BCUT2D eigenvalue weighted by molar-refractivity contribution is 0.161. The van der Waals surface area contributed by atoms with Crippen molar-refractivity contribution in [2.75, 3.05) is 0 Å². The molecule has 0 aliphatic heterocycles. The van der Waals surface area contributed by atoms with Crippen LogP contribution in [0, 0.1) is 12.3 Å². The van der Waals surface area contributed by atoms with E-state index >= 15 is 0 Å². The zero-order valence-corrected chi connectivity index (χ0v) is 6.89. The summed E-state index contributed by atoms with van der Waals surface area (Å²) in [6, 6.07) is 0. The fourth-order valence-corrected chi connectivity index (χ4v) is 1.04. The van der Waals surface area contributed by atoms with Gasteiger partial charge in [-0.15, -0.1) is 0 Å². The SMILES string of the molecule is Cc1nc2nccnc2c(=N)n1O. The summed E-state index contributed by atoms with van der Waals surface area (Å²) >= 11 is 0. The van der Waals surface area contributed by atoms with Crippen LogP contribution < -0.4 is 5.49 Å². The van der Waals surface area contributed by atoms with E-state index in [0.29, 0.717) is 16.2 Å². The molecule has 2 rings (SSSR count). The van der Waals surface area contributed by atoms with Gasteiger partial charge in [0.2, 0.25) is 0 Å². The van der Waals surface area contributed by atoms with Gasteiger partial charge < -0.3 is 5.21 Å². The molecule has 6 heteroatoms. The van der Waals surface area contributed by atoms with Crippen LogP contribution in [-0.4, -0.2) is 24.9 Å². The van der Waals surface area contributed by atoms with Gasteiger partial charge in [0.25, 0.3) is 0 Å². The van der Waals surface area contributed by atoms with Gasteiger partial charge in [0.05, 0.1) is 0 Å². The average molecular weight is 177 g/mol. The highest BCUT2D eigenvalue weighted by Crippen LogP contribution is 1.98. The fourth-order valence-electron chi connectivity index (χ4n) is 1.04. The van der Waals surface area contributed by atoms with Gasteiger partial charge in [0, 0.05) is 12.4 Å². The first-order valence-electron chi connectivity index (χ1n) is 3.64.